The van der Waals surface area contributed by atoms with Crippen molar-refractivity contribution in [1.29, 1.82) is 0 Å². The molecule has 108 valence electrons. The number of rotatable bonds is 6. The van der Waals surface area contributed by atoms with E-state index in [1.165, 1.54) is 11.0 Å². The van der Waals surface area contributed by atoms with Crippen molar-refractivity contribution in [1.82, 2.24) is 9.88 Å². The second-order valence-corrected chi connectivity index (χ2v) is 4.55. The molecule has 20 heavy (non-hydrogen) atoms. The van der Waals surface area contributed by atoms with Gasteiger partial charge in [-0.15, -0.1) is 0 Å². The first-order chi connectivity index (χ1) is 9.58. The van der Waals surface area contributed by atoms with E-state index in [2.05, 4.69) is 10.3 Å². The van der Waals surface area contributed by atoms with E-state index in [0.717, 1.165) is 19.0 Å². The van der Waals surface area contributed by atoms with Gasteiger partial charge in [0, 0.05) is 25.7 Å². The molecular formula is C12H16N4O4. The maximum absolute atomic E-state index is 12.5. The Balaban J connectivity index is 2.37. The molecule has 0 radical (unpaired) electrons. The average Bonchev–Trinajstić information content (AvgIpc) is 3.27. The Morgan fingerprint density at radius 1 is 1.65 bits per heavy atom. The number of hydrogen-bond donors (Lipinski definition) is 2. The molecule has 0 bridgehead atoms. The van der Waals surface area contributed by atoms with Gasteiger partial charge in [-0.25, -0.2) is 4.98 Å². The number of aliphatic hydroxyl groups excluding tert-OH is 1. The highest BCUT2D eigenvalue weighted by Crippen LogP contribution is 2.30. The molecule has 0 aromatic carbocycles. The van der Waals surface area contributed by atoms with Gasteiger partial charge in [0.1, 0.15) is 17.6 Å². The van der Waals surface area contributed by atoms with Crippen LogP contribution in [0.5, 0.6) is 0 Å². The van der Waals surface area contributed by atoms with Gasteiger partial charge in [-0.1, -0.05) is 0 Å². The molecule has 2 rings (SSSR count). The van der Waals surface area contributed by atoms with Crippen LogP contribution in [0.25, 0.3) is 0 Å². The molecule has 0 unspecified atom stereocenters. The van der Waals surface area contributed by atoms with Gasteiger partial charge >= 0.3 is 0 Å². The van der Waals surface area contributed by atoms with Crippen molar-refractivity contribution in [2.45, 2.75) is 18.9 Å². The highest BCUT2D eigenvalue weighted by molar-refractivity contribution is 5.99. The lowest BCUT2D eigenvalue weighted by Gasteiger charge is -2.21. The molecule has 1 aliphatic rings. The van der Waals surface area contributed by atoms with Gasteiger partial charge in [0.25, 0.3) is 11.6 Å². The largest absolute Gasteiger partial charge is 0.395 e. The van der Waals surface area contributed by atoms with Crippen molar-refractivity contribution in [3.05, 3.63) is 27.9 Å². The van der Waals surface area contributed by atoms with Crippen LogP contribution in [0, 0.1) is 10.1 Å². The number of carbonyl (C=O) groups is 1. The van der Waals surface area contributed by atoms with Crippen LogP contribution < -0.4 is 5.32 Å². The minimum atomic E-state index is -0.621. The van der Waals surface area contributed by atoms with E-state index >= 15 is 0 Å². The Bertz CT molecular complexity index is 530. The second kappa shape index (κ2) is 5.83. The number of aliphatic hydroxyl groups is 1. The summed E-state index contributed by atoms with van der Waals surface area (Å²) in [7, 11) is 1.62. The number of carbonyl (C=O) groups excluding carboxylic acids is 1. The van der Waals surface area contributed by atoms with E-state index in [0.29, 0.717) is 5.82 Å². The van der Waals surface area contributed by atoms with Crippen LogP contribution in [-0.4, -0.2) is 52.1 Å². The Morgan fingerprint density at radius 3 is 2.85 bits per heavy atom. The molecule has 8 heteroatoms. The Kier molecular flexibility index (Phi) is 4.14. The summed E-state index contributed by atoms with van der Waals surface area (Å²) >= 11 is 0. The zero-order valence-electron chi connectivity index (χ0n) is 11.1. The maximum Gasteiger partial charge on any atom is 0.300 e. The van der Waals surface area contributed by atoms with E-state index in [-0.39, 0.29) is 30.4 Å². The monoisotopic (exact) mass is 280 g/mol. The molecule has 0 saturated heterocycles. The summed E-state index contributed by atoms with van der Waals surface area (Å²) in [6.07, 6.45) is 2.80. The quantitative estimate of drug-likeness (QED) is 0.584. The molecule has 1 fully saturated rings. The number of amides is 1. The first-order valence-electron chi connectivity index (χ1n) is 6.32. The van der Waals surface area contributed by atoms with Crippen molar-refractivity contribution >= 4 is 17.4 Å². The highest BCUT2D eigenvalue weighted by Gasteiger charge is 2.35. The van der Waals surface area contributed by atoms with Gasteiger partial charge in [0.15, 0.2) is 0 Å². The SMILES string of the molecule is CNc1cc(C(=O)N(CCO)C2CC2)c([N+](=O)[O-])cn1. The third kappa shape index (κ3) is 2.85. The fourth-order valence-electron chi connectivity index (χ4n) is 2.00. The van der Waals surface area contributed by atoms with Crippen LogP contribution in [0.4, 0.5) is 11.5 Å². The van der Waals surface area contributed by atoms with E-state index in [9.17, 15) is 14.9 Å². The van der Waals surface area contributed by atoms with Crippen LogP contribution in [0.1, 0.15) is 23.2 Å². The van der Waals surface area contributed by atoms with Gasteiger partial charge in [-0.3, -0.25) is 14.9 Å². The van der Waals surface area contributed by atoms with Crippen molar-refractivity contribution in [2.75, 3.05) is 25.5 Å². The van der Waals surface area contributed by atoms with E-state index < -0.39 is 10.8 Å². The Labute approximate surface area is 115 Å². The predicted molar refractivity (Wildman–Crippen MR) is 71.6 cm³/mol. The van der Waals surface area contributed by atoms with Gasteiger partial charge in [0.05, 0.1) is 11.5 Å². The van der Waals surface area contributed by atoms with Gasteiger partial charge in [-0.05, 0) is 12.8 Å². The summed E-state index contributed by atoms with van der Waals surface area (Å²) in [5.41, 5.74) is -0.327. The zero-order valence-corrected chi connectivity index (χ0v) is 11.1. The summed E-state index contributed by atoms with van der Waals surface area (Å²) in [6.45, 7) is 0.0118. The molecule has 1 aromatic heterocycles. The standard InChI is InChI=1S/C12H16N4O4/c1-13-11-6-9(10(7-14-11)16(19)20)12(18)15(4-5-17)8-2-3-8/h6-8,17H,2-5H2,1H3,(H,13,14). The number of anilines is 1. The lowest BCUT2D eigenvalue weighted by molar-refractivity contribution is -0.385. The van der Waals surface area contributed by atoms with Gasteiger partial charge in [0.2, 0.25) is 0 Å². The molecule has 1 amide bonds. The number of pyridine rings is 1. The number of nitro groups is 1. The van der Waals surface area contributed by atoms with Crippen LogP contribution in [0.2, 0.25) is 0 Å². The number of nitrogens with one attached hydrogen (secondary N) is 1. The lowest BCUT2D eigenvalue weighted by Crippen LogP contribution is -2.35. The summed E-state index contributed by atoms with van der Waals surface area (Å²) < 4.78 is 0. The van der Waals surface area contributed by atoms with Crippen molar-refractivity contribution in [3.63, 3.8) is 0 Å². The molecule has 0 spiro atoms. The molecule has 1 aliphatic carbocycles. The number of aromatic nitrogens is 1. The maximum atomic E-state index is 12.5. The normalized spacial score (nSPS) is 13.9. The van der Waals surface area contributed by atoms with Crippen molar-refractivity contribution in [3.8, 4) is 0 Å². The minimum absolute atomic E-state index is 0.00491. The molecule has 1 aromatic rings. The summed E-state index contributed by atoms with van der Waals surface area (Å²) in [4.78, 5) is 28.2. The smallest absolute Gasteiger partial charge is 0.300 e. The summed E-state index contributed by atoms with van der Waals surface area (Å²) in [6, 6.07) is 1.44. The molecular weight excluding hydrogens is 264 g/mol. The van der Waals surface area contributed by atoms with Crippen LogP contribution in [0.3, 0.4) is 0 Å². The zero-order chi connectivity index (χ0) is 14.7. The van der Waals surface area contributed by atoms with Gasteiger partial charge in [-0.2, -0.15) is 0 Å². The molecule has 8 nitrogen and oxygen atoms in total. The summed E-state index contributed by atoms with van der Waals surface area (Å²) in [5, 5.41) is 22.8. The Morgan fingerprint density at radius 2 is 2.35 bits per heavy atom. The third-order valence-electron chi connectivity index (χ3n) is 3.16. The van der Waals surface area contributed by atoms with E-state index in [1.807, 2.05) is 0 Å². The Hall–Kier alpha value is -2.22. The highest BCUT2D eigenvalue weighted by atomic mass is 16.6. The van der Waals surface area contributed by atoms with Crippen LogP contribution in [0.15, 0.2) is 12.3 Å². The molecule has 0 atom stereocenters. The van der Waals surface area contributed by atoms with Crippen molar-refractivity contribution in [2.24, 2.45) is 0 Å². The number of nitrogens with zero attached hydrogens (tertiary/aromatic N) is 3. The first kappa shape index (κ1) is 14.2. The first-order valence-corrected chi connectivity index (χ1v) is 6.32. The molecule has 1 saturated carbocycles. The van der Waals surface area contributed by atoms with Crippen LogP contribution in [-0.2, 0) is 0 Å². The third-order valence-corrected chi connectivity index (χ3v) is 3.16. The molecule has 2 N–H and O–H groups in total. The summed E-state index contributed by atoms with van der Waals surface area (Å²) in [5.74, 6) is -0.0501. The fourth-order valence-corrected chi connectivity index (χ4v) is 2.00. The topological polar surface area (TPSA) is 109 Å². The minimum Gasteiger partial charge on any atom is -0.395 e. The average molecular weight is 280 g/mol. The van der Waals surface area contributed by atoms with Crippen molar-refractivity contribution < 1.29 is 14.8 Å². The number of hydrogen-bond acceptors (Lipinski definition) is 6. The second-order valence-electron chi connectivity index (χ2n) is 4.55. The predicted octanol–water partition coefficient (Wildman–Crippen LogP) is 0.628. The van der Waals surface area contributed by atoms with E-state index in [1.54, 1.807) is 7.05 Å². The fraction of sp³-hybridized carbons (Fsp3) is 0.500. The lowest BCUT2D eigenvalue weighted by atomic mass is 10.2. The van der Waals surface area contributed by atoms with Gasteiger partial charge < -0.3 is 15.3 Å². The van der Waals surface area contributed by atoms with Crippen LogP contribution >= 0.6 is 0 Å². The molecule has 1 heterocycles. The van der Waals surface area contributed by atoms with E-state index in [4.69, 9.17) is 5.11 Å². The molecule has 0 aliphatic heterocycles.